The van der Waals surface area contributed by atoms with Gasteiger partial charge in [0.1, 0.15) is 5.75 Å². The van der Waals surface area contributed by atoms with Crippen LogP contribution in [0.2, 0.25) is 0 Å². The van der Waals surface area contributed by atoms with Gasteiger partial charge in [-0.1, -0.05) is 6.07 Å². The van der Waals surface area contributed by atoms with Crippen molar-refractivity contribution in [1.82, 2.24) is 10.3 Å². The molecule has 1 aliphatic carbocycles. The number of nitrogens with one attached hydrogen (secondary N) is 1. The number of hydrogen-bond donors (Lipinski definition) is 2. The zero-order valence-electron chi connectivity index (χ0n) is 15.0. The zero-order chi connectivity index (χ0) is 18.8. The van der Waals surface area contributed by atoms with Gasteiger partial charge in [-0.2, -0.15) is 0 Å². The van der Waals surface area contributed by atoms with Crippen LogP contribution >= 0.6 is 0 Å². The topological polar surface area (TPSA) is 88.5 Å². The van der Waals surface area contributed by atoms with E-state index in [0.717, 1.165) is 23.3 Å². The van der Waals surface area contributed by atoms with E-state index in [-0.39, 0.29) is 17.9 Å². The summed E-state index contributed by atoms with van der Waals surface area (Å²) in [5.41, 5.74) is 3.61. The molecule has 4 rings (SSSR count). The van der Waals surface area contributed by atoms with Crippen molar-refractivity contribution >= 4 is 11.9 Å². The molecule has 1 aliphatic heterocycles. The van der Waals surface area contributed by atoms with Crippen LogP contribution in [0, 0.1) is 5.92 Å². The van der Waals surface area contributed by atoms with E-state index < -0.39 is 5.97 Å². The number of fused-ring (bicyclic) bond motifs is 1. The Balaban J connectivity index is 1.45. The van der Waals surface area contributed by atoms with Gasteiger partial charge < -0.3 is 15.2 Å². The van der Waals surface area contributed by atoms with Gasteiger partial charge in [0.25, 0.3) is 5.91 Å². The molecule has 2 aliphatic rings. The van der Waals surface area contributed by atoms with Crippen molar-refractivity contribution in [3.63, 3.8) is 0 Å². The molecule has 1 aromatic carbocycles. The van der Waals surface area contributed by atoms with E-state index in [0.29, 0.717) is 37.9 Å². The van der Waals surface area contributed by atoms with Gasteiger partial charge in [-0.15, -0.1) is 0 Å². The molecule has 6 nitrogen and oxygen atoms in total. The van der Waals surface area contributed by atoms with Crippen molar-refractivity contribution in [2.75, 3.05) is 6.61 Å². The number of carbonyl (C=O) groups excluding carboxylic acids is 1. The molecule has 2 aromatic rings. The number of amides is 1. The quantitative estimate of drug-likeness (QED) is 0.868. The number of hydrogen-bond acceptors (Lipinski definition) is 4. The van der Waals surface area contributed by atoms with E-state index in [1.165, 1.54) is 5.56 Å². The summed E-state index contributed by atoms with van der Waals surface area (Å²) >= 11 is 0. The van der Waals surface area contributed by atoms with Gasteiger partial charge in [0.15, 0.2) is 0 Å². The Morgan fingerprint density at radius 2 is 1.89 bits per heavy atom. The number of pyridine rings is 1. The SMILES string of the molecule is O=C(NC1CCC(C(=O)O)CC1)c1cncc(-c2ccc3c(c2)CCO3)c1. The maximum atomic E-state index is 12.6. The van der Waals surface area contributed by atoms with E-state index in [9.17, 15) is 9.59 Å². The van der Waals surface area contributed by atoms with Crippen LogP contribution in [-0.4, -0.2) is 34.6 Å². The van der Waals surface area contributed by atoms with Gasteiger partial charge in [-0.25, -0.2) is 0 Å². The molecule has 0 unspecified atom stereocenters. The predicted molar refractivity (Wildman–Crippen MR) is 99.7 cm³/mol. The molecule has 27 heavy (non-hydrogen) atoms. The summed E-state index contributed by atoms with van der Waals surface area (Å²) in [5.74, 6) is -0.256. The highest BCUT2D eigenvalue weighted by molar-refractivity contribution is 5.95. The number of rotatable bonds is 4. The van der Waals surface area contributed by atoms with Crippen LogP contribution in [0.1, 0.15) is 41.6 Å². The second kappa shape index (κ2) is 7.39. The lowest BCUT2D eigenvalue weighted by atomic mass is 9.86. The van der Waals surface area contributed by atoms with Gasteiger partial charge >= 0.3 is 5.97 Å². The third-order valence-corrected chi connectivity index (χ3v) is 5.43. The Kier molecular flexibility index (Phi) is 4.79. The number of aliphatic carboxylic acids is 1. The highest BCUT2D eigenvalue weighted by Gasteiger charge is 2.27. The predicted octanol–water partition coefficient (Wildman–Crippen LogP) is 3.06. The molecule has 0 atom stereocenters. The molecule has 0 spiro atoms. The zero-order valence-corrected chi connectivity index (χ0v) is 15.0. The summed E-state index contributed by atoms with van der Waals surface area (Å²) in [6.07, 6.45) is 6.83. The first-order valence-electron chi connectivity index (χ1n) is 9.35. The lowest BCUT2D eigenvalue weighted by Crippen LogP contribution is -2.38. The van der Waals surface area contributed by atoms with Crippen LogP contribution in [0.5, 0.6) is 5.75 Å². The number of benzene rings is 1. The minimum absolute atomic E-state index is 0.0221. The van der Waals surface area contributed by atoms with Crippen molar-refractivity contribution < 1.29 is 19.4 Å². The highest BCUT2D eigenvalue weighted by Crippen LogP contribution is 2.30. The second-order valence-corrected chi connectivity index (χ2v) is 7.24. The van der Waals surface area contributed by atoms with Gasteiger partial charge in [-0.05, 0) is 55.0 Å². The molecular weight excluding hydrogens is 344 g/mol. The standard InChI is InChI=1S/C21H22N2O4/c24-20(23-18-4-1-13(2-5-18)21(25)26)17-10-16(11-22-12-17)14-3-6-19-15(9-14)7-8-27-19/h3,6,9-13,18H,1-2,4-5,7-8H2,(H,23,24)(H,25,26). The Hall–Kier alpha value is -2.89. The van der Waals surface area contributed by atoms with Crippen LogP contribution in [0.3, 0.4) is 0 Å². The summed E-state index contributed by atoms with van der Waals surface area (Å²) in [4.78, 5) is 27.9. The minimum Gasteiger partial charge on any atom is -0.493 e. The van der Waals surface area contributed by atoms with E-state index in [1.807, 2.05) is 18.2 Å². The average Bonchev–Trinajstić information content (AvgIpc) is 3.16. The number of nitrogens with zero attached hydrogens (tertiary/aromatic N) is 1. The molecule has 1 saturated carbocycles. The maximum absolute atomic E-state index is 12.6. The Morgan fingerprint density at radius 3 is 2.67 bits per heavy atom. The fourth-order valence-corrected chi connectivity index (χ4v) is 3.84. The molecule has 0 radical (unpaired) electrons. The van der Waals surface area contributed by atoms with Gasteiger partial charge in [0, 0.05) is 30.4 Å². The Bertz CT molecular complexity index is 872. The lowest BCUT2D eigenvalue weighted by molar-refractivity contribution is -0.142. The first-order chi connectivity index (χ1) is 13.1. The third kappa shape index (κ3) is 3.79. The van der Waals surface area contributed by atoms with E-state index in [4.69, 9.17) is 9.84 Å². The smallest absolute Gasteiger partial charge is 0.306 e. The van der Waals surface area contributed by atoms with E-state index >= 15 is 0 Å². The van der Waals surface area contributed by atoms with Crippen LogP contribution < -0.4 is 10.1 Å². The third-order valence-electron chi connectivity index (χ3n) is 5.43. The average molecular weight is 366 g/mol. The molecular formula is C21H22N2O4. The van der Waals surface area contributed by atoms with Gasteiger partial charge in [0.2, 0.25) is 0 Å². The lowest BCUT2D eigenvalue weighted by Gasteiger charge is -2.26. The summed E-state index contributed by atoms with van der Waals surface area (Å²) in [6, 6.07) is 7.91. The van der Waals surface area contributed by atoms with Crippen LogP contribution in [-0.2, 0) is 11.2 Å². The summed E-state index contributed by atoms with van der Waals surface area (Å²) in [5, 5.41) is 12.1. The van der Waals surface area contributed by atoms with Crippen molar-refractivity contribution in [1.29, 1.82) is 0 Å². The molecule has 140 valence electrons. The van der Waals surface area contributed by atoms with Gasteiger partial charge in [-0.3, -0.25) is 14.6 Å². The van der Waals surface area contributed by atoms with Crippen molar-refractivity contribution in [3.8, 4) is 16.9 Å². The number of aromatic nitrogens is 1. The Morgan fingerprint density at radius 1 is 1.07 bits per heavy atom. The fraction of sp³-hybridized carbons (Fsp3) is 0.381. The van der Waals surface area contributed by atoms with Crippen molar-refractivity contribution in [2.45, 2.75) is 38.1 Å². The molecule has 1 aromatic heterocycles. The summed E-state index contributed by atoms with van der Waals surface area (Å²) in [6.45, 7) is 0.712. The largest absolute Gasteiger partial charge is 0.493 e. The van der Waals surface area contributed by atoms with Crippen molar-refractivity contribution in [3.05, 3.63) is 47.8 Å². The van der Waals surface area contributed by atoms with E-state index in [2.05, 4.69) is 16.4 Å². The fourth-order valence-electron chi connectivity index (χ4n) is 3.84. The molecule has 6 heteroatoms. The number of ether oxygens (including phenoxy) is 1. The normalized spacial score (nSPS) is 21.2. The number of carbonyl (C=O) groups is 2. The molecule has 1 amide bonds. The molecule has 1 fully saturated rings. The maximum Gasteiger partial charge on any atom is 0.306 e. The van der Waals surface area contributed by atoms with Crippen LogP contribution in [0.4, 0.5) is 0 Å². The first-order valence-corrected chi connectivity index (χ1v) is 9.35. The van der Waals surface area contributed by atoms with Crippen LogP contribution in [0.25, 0.3) is 11.1 Å². The Labute approximate surface area is 157 Å². The molecule has 0 saturated heterocycles. The first kappa shape index (κ1) is 17.5. The highest BCUT2D eigenvalue weighted by atomic mass is 16.5. The van der Waals surface area contributed by atoms with E-state index in [1.54, 1.807) is 12.4 Å². The van der Waals surface area contributed by atoms with Crippen LogP contribution in [0.15, 0.2) is 36.7 Å². The van der Waals surface area contributed by atoms with Gasteiger partial charge in [0.05, 0.1) is 18.1 Å². The molecule has 2 N–H and O–H groups in total. The minimum atomic E-state index is -0.739. The summed E-state index contributed by atoms with van der Waals surface area (Å²) < 4.78 is 5.54. The van der Waals surface area contributed by atoms with Crippen molar-refractivity contribution in [2.24, 2.45) is 5.92 Å². The number of carboxylic acid groups (broad SMARTS) is 1. The monoisotopic (exact) mass is 366 g/mol. The molecule has 2 heterocycles. The molecule has 0 bridgehead atoms. The second-order valence-electron chi connectivity index (χ2n) is 7.24. The number of carboxylic acids is 1. The summed E-state index contributed by atoms with van der Waals surface area (Å²) in [7, 11) is 0.